The average molecular weight is 376 g/mol. The highest BCUT2D eigenvalue weighted by Crippen LogP contribution is 2.32. The molecule has 0 radical (unpaired) electrons. The topological polar surface area (TPSA) is 80.8 Å². The lowest BCUT2D eigenvalue weighted by atomic mass is 10.1. The monoisotopic (exact) mass is 375 g/mol. The number of esters is 1. The maximum absolute atomic E-state index is 12.5. The summed E-state index contributed by atoms with van der Waals surface area (Å²) in [4.78, 5) is 48.9. The minimum absolute atomic E-state index is 0.0436. The lowest BCUT2D eigenvalue weighted by Crippen LogP contribution is -2.47. The van der Waals surface area contributed by atoms with Crippen molar-refractivity contribution in [2.75, 3.05) is 12.3 Å². The van der Waals surface area contributed by atoms with Crippen molar-refractivity contribution >= 4 is 45.6 Å². The lowest BCUT2D eigenvalue weighted by Gasteiger charge is -2.29. The number of nitrogens with zero attached hydrogens (tertiary/aromatic N) is 1. The normalized spacial score (nSPS) is 20.8. The molecule has 0 aromatic heterocycles. The molecule has 1 amide bonds. The van der Waals surface area contributed by atoms with E-state index < -0.39 is 17.6 Å². The van der Waals surface area contributed by atoms with Gasteiger partial charge in [-0.15, -0.1) is 0 Å². The Morgan fingerprint density at radius 2 is 1.75 bits per heavy atom. The highest BCUT2D eigenvalue weighted by atomic mass is 32.2. The van der Waals surface area contributed by atoms with Crippen molar-refractivity contribution in [3.05, 3.63) is 0 Å². The average Bonchev–Trinajstić information content (AvgIpc) is 2.79. The van der Waals surface area contributed by atoms with Crippen LogP contribution in [0.2, 0.25) is 0 Å². The smallest absolute Gasteiger partial charge is 0.330 e. The van der Waals surface area contributed by atoms with Crippen LogP contribution >= 0.6 is 23.5 Å². The molecule has 1 fully saturated rings. The number of carbonyl (C=O) groups is 4. The quantitative estimate of drug-likeness (QED) is 0.682. The van der Waals surface area contributed by atoms with E-state index in [1.807, 2.05) is 0 Å². The number of hydrogen-bond acceptors (Lipinski definition) is 7. The fourth-order valence-corrected chi connectivity index (χ4v) is 4.05. The second-order valence-electron chi connectivity index (χ2n) is 6.59. The Bertz CT molecular complexity index is 515. The summed E-state index contributed by atoms with van der Waals surface area (Å²) in [6.45, 7) is 8.62. The number of ether oxygens (including phenoxy) is 1. The molecule has 0 N–H and O–H groups in total. The summed E-state index contributed by atoms with van der Waals surface area (Å²) >= 11 is 2.17. The van der Waals surface area contributed by atoms with Crippen molar-refractivity contribution in [3.63, 3.8) is 0 Å². The Kier molecular flexibility index (Phi) is 7.79. The van der Waals surface area contributed by atoms with E-state index in [-0.39, 0.29) is 27.8 Å². The molecule has 0 spiro atoms. The van der Waals surface area contributed by atoms with Crippen LogP contribution in [0.25, 0.3) is 0 Å². The van der Waals surface area contributed by atoms with Crippen molar-refractivity contribution in [2.45, 2.75) is 64.4 Å². The van der Waals surface area contributed by atoms with Gasteiger partial charge >= 0.3 is 5.97 Å². The van der Waals surface area contributed by atoms with Crippen molar-refractivity contribution in [3.8, 4) is 0 Å². The Morgan fingerprint density at radius 3 is 2.25 bits per heavy atom. The van der Waals surface area contributed by atoms with Gasteiger partial charge in [-0.2, -0.15) is 0 Å². The van der Waals surface area contributed by atoms with Gasteiger partial charge in [0.05, 0.1) is 0 Å². The zero-order valence-corrected chi connectivity index (χ0v) is 16.4. The summed E-state index contributed by atoms with van der Waals surface area (Å²) in [5, 5.41) is -0.422. The molecule has 0 aromatic carbocycles. The van der Waals surface area contributed by atoms with Crippen LogP contribution in [0.5, 0.6) is 0 Å². The predicted octanol–water partition coefficient (Wildman–Crippen LogP) is 2.25. The van der Waals surface area contributed by atoms with E-state index in [2.05, 4.69) is 0 Å². The van der Waals surface area contributed by atoms with Crippen molar-refractivity contribution < 1.29 is 23.9 Å². The molecule has 0 bridgehead atoms. The molecule has 0 aromatic rings. The Morgan fingerprint density at radius 1 is 1.12 bits per heavy atom. The predicted molar refractivity (Wildman–Crippen MR) is 95.8 cm³/mol. The van der Waals surface area contributed by atoms with Crippen LogP contribution in [-0.2, 0) is 23.9 Å². The number of rotatable bonds is 5. The maximum Gasteiger partial charge on any atom is 0.330 e. The van der Waals surface area contributed by atoms with Gasteiger partial charge in [-0.3, -0.25) is 14.4 Å². The van der Waals surface area contributed by atoms with E-state index >= 15 is 0 Å². The van der Waals surface area contributed by atoms with Crippen molar-refractivity contribution in [2.24, 2.45) is 0 Å². The summed E-state index contributed by atoms with van der Waals surface area (Å²) in [5.74, 6) is -0.284. The standard InChI is InChI=1S/C16H25NO5S2/c1-10(18)23-9-7-13(20)17-8-6-12(24-11(2)19)14(17)15(21)22-16(3,4)5/h12,14H,6-9H2,1-5H3/t12-,14-/m0/s1. The van der Waals surface area contributed by atoms with Gasteiger partial charge in [0, 0.05) is 37.8 Å². The number of amides is 1. The summed E-state index contributed by atoms with van der Waals surface area (Å²) in [7, 11) is 0. The van der Waals surface area contributed by atoms with Gasteiger partial charge in [0.25, 0.3) is 0 Å². The summed E-state index contributed by atoms with van der Waals surface area (Å²) in [6.07, 6.45) is 0.751. The van der Waals surface area contributed by atoms with Crippen molar-refractivity contribution in [1.82, 2.24) is 4.90 Å². The molecular weight excluding hydrogens is 350 g/mol. The summed E-state index contributed by atoms with van der Waals surface area (Å²) < 4.78 is 5.44. The number of thioether (sulfide) groups is 2. The van der Waals surface area contributed by atoms with Crippen molar-refractivity contribution in [1.29, 1.82) is 0 Å². The molecule has 1 saturated heterocycles. The van der Waals surface area contributed by atoms with E-state index in [1.54, 1.807) is 20.8 Å². The molecule has 8 heteroatoms. The first-order valence-corrected chi connectivity index (χ1v) is 9.70. The van der Waals surface area contributed by atoms with Crippen LogP contribution < -0.4 is 0 Å². The Hall–Kier alpha value is -1.02. The largest absolute Gasteiger partial charge is 0.458 e. The summed E-state index contributed by atoms with van der Waals surface area (Å²) in [6, 6.07) is -0.757. The number of likely N-dealkylation sites (tertiary alicyclic amines) is 1. The molecule has 0 aliphatic carbocycles. The van der Waals surface area contributed by atoms with Crippen LogP contribution in [-0.4, -0.2) is 56.2 Å². The minimum Gasteiger partial charge on any atom is -0.458 e. The van der Waals surface area contributed by atoms with E-state index in [0.717, 1.165) is 23.5 Å². The van der Waals surface area contributed by atoms with Gasteiger partial charge in [-0.05, 0) is 27.2 Å². The van der Waals surface area contributed by atoms with Gasteiger partial charge < -0.3 is 9.64 Å². The van der Waals surface area contributed by atoms with Gasteiger partial charge in [-0.1, -0.05) is 23.5 Å². The molecule has 0 saturated carbocycles. The highest BCUT2D eigenvalue weighted by Gasteiger charge is 2.44. The van der Waals surface area contributed by atoms with Gasteiger partial charge in [0.2, 0.25) is 5.91 Å². The molecule has 0 unspecified atom stereocenters. The molecule has 136 valence electrons. The van der Waals surface area contributed by atoms with Crippen LogP contribution in [0.1, 0.15) is 47.5 Å². The molecule has 1 heterocycles. The molecule has 1 rings (SSSR count). The van der Waals surface area contributed by atoms with Crippen LogP contribution in [0.15, 0.2) is 0 Å². The second kappa shape index (κ2) is 8.89. The van der Waals surface area contributed by atoms with E-state index in [0.29, 0.717) is 18.7 Å². The third-order valence-corrected chi connectivity index (χ3v) is 5.19. The number of hydrogen-bond donors (Lipinski definition) is 0. The fraction of sp³-hybridized carbons (Fsp3) is 0.750. The maximum atomic E-state index is 12.5. The number of carbonyl (C=O) groups excluding carboxylic acids is 4. The van der Waals surface area contributed by atoms with Crippen LogP contribution in [0.3, 0.4) is 0 Å². The second-order valence-corrected chi connectivity index (χ2v) is 9.28. The zero-order valence-electron chi connectivity index (χ0n) is 14.8. The molecular formula is C16H25NO5S2. The van der Waals surface area contributed by atoms with E-state index in [1.165, 1.54) is 18.7 Å². The first-order valence-electron chi connectivity index (χ1n) is 7.84. The molecule has 6 nitrogen and oxygen atoms in total. The molecule has 1 aliphatic heterocycles. The summed E-state index contributed by atoms with van der Waals surface area (Å²) in [5.41, 5.74) is -0.662. The third kappa shape index (κ3) is 6.84. The molecule has 1 aliphatic rings. The Balaban J connectivity index is 2.84. The Labute approximate surface area is 151 Å². The fourth-order valence-electron chi connectivity index (χ4n) is 2.45. The SMILES string of the molecule is CC(=O)SCCC(=O)N1CC[C@H](SC(C)=O)[C@H]1C(=O)OC(C)(C)C. The van der Waals surface area contributed by atoms with E-state index in [4.69, 9.17) is 4.74 Å². The van der Waals surface area contributed by atoms with Gasteiger partial charge in [-0.25, -0.2) is 4.79 Å². The lowest BCUT2D eigenvalue weighted by molar-refractivity contribution is -0.162. The first-order chi connectivity index (χ1) is 11.0. The molecule has 2 atom stereocenters. The third-order valence-electron chi connectivity index (χ3n) is 3.25. The minimum atomic E-state index is -0.757. The first kappa shape index (κ1) is 21.0. The molecule has 24 heavy (non-hydrogen) atoms. The van der Waals surface area contributed by atoms with Gasteiger partial charge in [0.15, 0.2) is 10.2 Å². The zero-order chi connectivity index (χ0) is 18.5. The van der Waals surface area contributed by atoms with Crippen LogP contribution in [0.4, 0.5) is 0 Å². The highest BCUT2D eigenvalue weighted by molar-refractivity contribution is 8.14. The van der Waals surface area contributed by atoms with E-state index in [9.17, 15) is 19.2 Å². The van der Waals surface area contributed by atoms with Gasteiger partial charge in [0.1, 0.15) is 11.6 Å². The van der Waals surface area contributed by atoms with Crippen LogP contribution in [0, 0.1) is 0 Å².